The minimum atomic E-state index is -3.12. The van der Waals surface area contributed by atoms with Gasteiger partial charge in [0.25, 0.3) is 0 Å². The predicted molar refractivity (Wildman–Crippen MR) is 193 cm³/mol. The SMILES string of the molecule is COc1cc([C@H](Cc2c(Cl)c[n+]([O-])cc2Cl)c2cc(CN(C(=O)O[C@H]3CN4CCC3CC4)c3ccccc3OC)ccc2C(=O)O)ccc1OC(F)F. The molecule has 11 nitrogen and oxygen atoms in total. The lowest BCUT2D eigenvalue weighted by molar-refractivity contribution is -0.605. The molecule has 0 aliphatic carbocycles. The maximum absolute atomic E-state index is 14.1. The summed E-state index contributed by atoms with van der Waals surface area (Å²) >= 11 is 13.0. The molecule has 3 saturated heterocycles. The summed E-state index contributed by atoms with van der Waals surface area (Å²) in [5, 5.41) is 22.6. The summed E-state index contributed by atoms with van der Waals surface area (Å²) in [5.41, 5.74) is 1.99. The minimum Gasteiger partial charge on any atom is -0.619 e. The van der Waals surface area contributed by atoms with E-state index in [-0.39, 0.29) is 57.7 Å². The molecule has 4 heterocycles. The third kappa shape index (κ3) is 8.53. The number of methoxy groups -OCH3 is 2. The van der Waals surface area contributed by atoms with E-state index in [1.54, 1.807) is 36.4 Å². The molecule has 0 saturated carbocycles. The molecule has 4 aromatic rings. The normalized spacial score (nSPS) is 18.4. The van der Waals surface area contributed by atoms with Crippen molar-refractivity contribution < 1.29 is 47.2 Å². The summed E-state index contributed by atoms with van der Waals surface area (Å²) in [6.07, 6.45) is 3.26. The number of hydrogen-bond acceptors (Lipinski definition) is 8. The Balaban J connectivity index is 1.45. The number of piperidine rings is 3. The highest BCUT2D eigenvalue weighted by molar-refractivity contribution is 6.35. The smallest absolute Gasteiger partial charge is 0.415 e. The fraction of sp³-hybridized carbons (Fsp3) is 0.342. The van der Waals surface area contributed by atoms with Crippen LogP contribution >= 0.6 is 23.2 Å². The molecule has 0 unspecified atom stereocenters. The number of aromatic carboxylic acids is 1. The number of carbonyl (C=O) groups is 2. The molecule has 1 aromatic heterocycles. The van der Waals surface area contributed by atoms with Gasteiger partial charge in [-0.15, -0.1) is 0 Å². The average Bonchev–Trinajstić information content (AvgIpc) is 3.14. The third-order valence-electron chi connectivity index (χ3n) is 9.78. The first-order chi connectivity index (χ1) is 25.4. The lowest BCUT2D eigenvalue weighted by atomic mass is 9.82. The Morgan fingerprint density at radius 3 is 2.30 bits per heavy atom. The first-order valence-corrected chi connectivity index (χ1v) is 17.6. The van der Waals surface area contributed by atoms with Crippen LogP contribution in [0.4, 0.5) is 19.3 Å². The van der Waals surface area contributed by atoms with E-state index >= 15 is 0 Å². The molecule has 0 spiro atoms. The number of alkyl halides is 2. The highest BCUT2D eigenvalue weighted by Crippen LogP contribution is 2.40. The van der Waals surface area contributed by atoms with Gasteiger partial charge >= 0.3 is 18.7 Å². The number of hydrogen-bond donors (Lipinski definition) is 1. The second-order valence-corrected chi connectivity index (χ2v) is 13.7. The molecule has 2 atom stereocenters. The quantitative estimate of drug-likeness (QED) is 0.108. The van der Waals surface area contributed by atoms with Crippen molar-refractivity contribution in [3.63, 3.8) is 0 Å². The fourth-order valence-corrected chi connectivity index (χ4v) is 7.74. The number of carboxylic acid groups (broad SMARTS) is 1. The van der Waals surface area contributed by atoms with E-state index in [0.717, 1.165) is 38.3 Å². The first-order valence-electron chi connectivity index (χ1n) is 16.8. The predicted octanol–water partition coefficient (Wildman–Crippen LogP) is 7.56. The van der Waals surface area contributed by atoms with Gasteiger partial charge in [0.1, 0.15) is 21.9 Å². The van der Waals surface area contributed by atoms with Crippen LogP contribution < -0.4 is 23.8 Å². The zero-order valence-electron chi connectivity index (χ0n) is 28.8. The maximum Gasteiger partial charge on any atom is 0.415 e. The second-order valence-electron chi connectivity index (χ2n) is 12.9. The lowest BCUT2D eigenvalue weighted by Crippen LogP contribution is -2.53. The number of para-hydroxylation sites is 2. The number of anilines is 1. The van der Waals surface area contributed by atoms with Crippen LogP contribution in [0.25, 0.3) is 0 Å². The van der Waals surface area contributed by atoms with Crippen LogP contribution in [-0.4, -0.2) is 68.6 Å². The van der Waals surface area contributed by atoms with Crippen molar-refractivity contribution in [2.45, 2.75) is 44.4 Å². The molecule has 3 aromatic carbocycles. The van der Waals surface area contributed by atoms with Crippen LogP contribution in [0.1, 0.15) is 51.4 Å². The van der Waals surface area contributed by atoms with Gasteiger partial charge in [0.05, 0.1) is 32.0 Å². The lowest BCUT2D eigenvalue weighted by Gasteiger charge is -2.44. The maximum atomic E-state index is 14.1. The number of halogens is 4. The summed E-state index contributed by atoms with van der Waals surface area (Å²) in [5.74, 6) is -1.65. The van der Waals surface area contributed by atoms with E-state index in [1.165, 1.54) is 43.4 Å². The molecule has 1 amide bonds. The van der Waals surface area contributed by atoms with Gasteiger partial charge in [-0.3, -0.25) is 9.80 Å². The number of pyridine rings is 1. The van der Waals surface area contributed by atoms with E-state index in [0.29, 0.717) is 39.4 Å². The van der Waals surface area contributed by atoms with Crippen molar-refractivity contribution in [1.82, 2.24) is 4.90 Å². The number of nitrogens with zero attached hydrogens (tertiary/aromatic N) is 3. The van der Waals surface area contributed by atoms with Crippen LogP contribution in [-0.2, 0) is 17.7 Å². The minimum absolute atomic E-state index is 0.0156. The Bertz CT molecular complexity index is 1950. The zero-order valence-corrected chi connectivity index (χ0v) is 30.4. The van der Waals surface area contributed by atoms with Crippen LogP contribution in [0, 0.1) is 11.1 Å². The molecule has 3 aliphatic heterocycles. The number of aromatic nitrogens is 1. The number of carbonyl (C=O) groups excluding carboxylic acids is 1. The topological polar surface area (TPSA) is 125 Å². The van der Waals surface area contributed by atoms with Crippen molar-refractivity contribution in [3.05, 3.63) is 116 Å². The number of amides is 1. The first kappa shape index (κ1) is 37.9. The summed E-state index contributed by atoms with van der Waals surface area (Å²) in [4.78, 5) is 30.6. The van der Waals surface area contributed by atoms with Gasteiger partial charge in [-0.25, -0.2) is 9.59 Å². The molecular formula is C38H37Cl2F2N3O8. The van der Waals surface area contributed by atoms with Gasteiger partial charge in [0, 0.05) is 18.0 Å². The molecule has 7 rings (SSSR count). The fourth-order valence-electron chi connectivity index (χ4n) is 7.15. The van der Waals surface area contributed by atoms with Crippen molar-refractivity contribution in [3.8, 4) is 17.2 Å². The van der Waals surface area contributed by atoms with Gasteiger partial charge in [-0.1, -0.05) is 53.5 Å². The van der Waals surface area contributed by atoms with Gasteiger partial charge in [-0.05, 0) is 85.3 Å². The monoisotopic (exact) mass is 771 g/mol. The zero-order chi connectivity index (χ0) is 37.8. The Morgan fingerprint density at radius 1 is 0.981 bits per heavy atom. The Hall–Kier alpha value is -4.85. The van der Waals surface area contributed by atoms with Crippen molar-refractivity contribution in [2.75, 3.05) is 38.8 Å². The van der Waals surface area contributed by atoms with Crippen LogP contribution in [0.3, 0.4) is 0 Å². The van der Waals surface area contributed by atoms with E-state index in [4.69, 9.17) is 37.4 Å². The van der Waals surface area contributed by atoms with Crippen molar-refractivity contribution in [1.29, 1.82) is 0 Å². The number of carboxylic acids is 1. The Kier molecular flexibility index (Phi) is 11.8. The van der Waals surface area contributed by atoms with Crippen LogP contribution in [0.2, 0.25) is 10.0 Å². The molecule has 1 N–H and O–H groups in total. The third-order valence-corrected chi connectivity index (χ3v) is 10.4. The molecule has 3 aliphatic rings. The van der Waals surface area contributed by atoms with Gasteiger partial charge in [0.2, 0.25) is 0 Å². The molecule has 15 heteroatoms. The Labute approximate surface area is 314 Å². The standard InChI is InChI=1S/C38H37Cl2F2N3O8/c1-50-32-6-4-3-5-31(32)45(38(48)53-35-21-43-13-11-23(35)12-14-43)18-22-7-9-25(36(46)47)27(15-22)26(17-28-29(39)19-44(49)20-30(28)40)24-8-10-33(52-37(41)42)34(16-24)51-2/h3-10,15-16,19-20,23,26,35,37H,11-14,17-18,21H2,1-2H3,(H,46,47)/t26-,35-/m0/s1. The summed E-state index contributed by atoms with van der Waals surface area (Å²) in [6, 6.07) is 16.0. The van der Waals surface area contributed by atoms with Crippen molar-refractivity contribution in [2.24, 2.45) is 5.92 Å². The average molecular weight is 773 g/mol. The molecular weight excluding hydrogens is 735 g/mol. The molecule has 3 fully saturated rings. The number of rotatable bonds is 13. The summed E-state index contributed by atoms with van der Waals surface area (Å²) in [7, 11) is 2.79. The number of fused-ring (bicyclic) bond motifs is 3. The van der Waals surface area contributed by atoms with Crippen LogP contribution in [0.5, 0.6) is 17.2 Å². The van der Waals surface area contributed by atoms with E-state index < -0.39 is 24.6 Å². The van der Waals surface area contributed by atoms with E-state index in [9.17, 15) is 28.7 Å². The highest BCUT2D eigenvalue weighted by Gasteiger charge is 2.38. The van der Waals surface area contributed by atoms with Gasteiger partial charge in [0.15, 0.2) is 23.9 Å². The Morgan fingerprint density at radius 2 is 1.68 bits per heavy atom. The summed E-state index contributed by atoms with van der Waals surface area (Å²) < 4.78 is 48.7. The number of ether oxygens (including phenoxy) is 4. The molecule has 280 valence electrons. The van der Waals surface area contributed by atoms with Gasteiger partial charge in [-0.2, -0.15) is 13.5 Å². The summed E-state index contributed by atoms with van der Waals surface area (Å²) in [6.45, 7) is -0.562. The largest absolute Gasteiger partial charge is 0.619 e. The van der Waals surface area contributed by atoms with Crippen LogP contribution in [0.15, 0.2) is 73.1 Å². The highest BCUT2D eigenvalue weighted by atomic mass is 35.5. The second kappa shape index (κ2) is 16.4. The molecule has 0 radical (unpaired) electrons. The number of benzene rings is 3. The van der Waals surface area contributed by atoms with Crippen molar-refractivity contribution >= 4 is 41.0 Å². The molecule has 53 heavy (non-hydrogen) atoms. The van der Waals surface area contributed by atoms with E-state index in [2.05, 4.69) is 9.64 Å². The van der Waals surface area contributed by atoms with Gasteiger partial charge < -0.3 is 29.3 Å². The van der Waals surface area contributed by atoms with E-state index in [1.807, 2.05) is 0 Å². The molecule has 2 bridgehead atoms.